The van der Waals surface area contributed by atoms with Crippen molar-refractivity contribution in [2.45, 2.75) is 44.7 Å². The van der Waals surface area contributed by atoms with Gasteiger partial charge in [-0.15, -0.1) is 11.3 Å². The molecule has 2 aromatic carbocycles. The third-order valence-corrected chi connectivity index (χ3v) is 7.81. The van der Waals surface area contributed by atoms with Crippen LogP contribution in [0, 0.1) is 12.8 Å². The molecule has 4 rings (SSSR count). The number of aromatic nitrogens is 1. The fraction of sp³-hybridized carbons (Fsp3) is 0.364. The molecule has 1 amide bonds. The van der Waals surface area contributed by atoms with Gasteiger partial charge in [0.05, 0.1) is 20.1 Å². The van der Waals surface area contributed by atoms with E-state index in [4.69, 9.17) is 0 Å². The van der Waals surface area contributed by atoms with Crippen molar-refractivity contribution < 1.29 is 13.2 Å². The van der Waals surface area contributed by atoms with E-state index >= 15 is 0 Å². The summed E-state index contributed by atoms with van der Waals surface area (Å²) in [5, 5.41) is 0.883. The lowest BCUT2D eigenvalue weighted by Gasteiger charge is -2.33. The van der Waals surface area contributed by atoms with Gasteiger partial charge >= 0.3 is 0 Å². The van der Waals surface area contributed by atoms with Crippen molar-refractivity contribution in [1.82, 2.24) is 14.6 Å². The molecule has 1 atom stereocenters. The van der Waals surface area contributed by atoms with E-state index in [-0.39, 0.29) is 16.7 Å². The van der Waals surface area contributed by atoms with Crippen LogP contribution in [0.1, 0.15) is 30.0 Å². The van der Waals surface area contributed by atoms with Gasteiger partial charge in [0.25, 0.3) is 0 Å². The van der Waals surface area contributed by atoms with E-state index in [9.17, 15) is 13.2 Å². The van der Waals surface area contributed by atoms with Crippen molar-refractivity contribution in [3.63, 3.8) is 0 Å². The maximum Gasteiger partial charge on any atom is 0.241 e. The molecule has 0 aliphatic carbocycles. The molecule has 1 aromatic heterocycles. The van der Waals surface area contributed by atoms with Gasteiger partial charge in [0.1, 0.15) is 6.04 Å². The van der Waals surface area contributed by atoms with Crippen molar-refractivity contribution in [3.8, 4) is 0 Å². The summed E-state index contributed by atoms with van der Waals surface area (Å²) in [4.78, 5) is 19.6. The Hall–Kier alpha value is -2.29. The predicted molar refractivity (Wildman–Crippen MR) is 119 cm³/mol. The zero-order chi connectivity index (χ0) is 21.5. The standard InChI is InChI=1S/C22H25N3O3S2/c1-14(2)21(22(26)25-11-10-16-6-4-5-7-17(16)13-25)24-30(27,28)18-8-9-19-20(12-18)29-15(3)23-19/h4-9,12,14,21,24H,10-11,13H2,1-3H3/t21-/m0/s1. The summed E-state index contributed by atoms with van der Waals surface area (Å²) in [7, 11) is -3.85. The van der Waals surface area contributed by atoms with Crippen LogP contribution in [0.15, 0.2) is 47.4 Å². The van der Waals surface area contributed by atoms with Crippen molar-refractivity contribution in [1.29, 1.82) is 0 Å². The number of amides is 1. The van der Waals surface area contributed by atoms with E-state index in [1.165, 1.54) is 16.9 Å². The summed E-state index contributed by atoms with van der Waals surface area (Å²) in [6.07, 6.45) is 0.779. The number of hydrogen-bond acceptors (Lipinski definition) is 5. The number of carbonyl (C=O) groups is 1. The molecule has 0 spiro atoms. The minimum atomic E-state index is -3.85. The second kappa shape index (κ2) is 8.09. The number of benzene rings is 2. The highest BCUT2D eigenvalue weighted by molar-refractivity contribution is 7.89. The first-order valence-corrected chi connectivity index (χ1v) is 12.3. The van der Waals surface area contributed by atoms with E-state index < -0.39 is 16.1 Å². The van der Waals surface area contributed by atoms with Crippen LogP contribution in [0.2, 0.25) is 0 Å². The number of thiazole rings is 1. The van der Waals surface area contributed by atoms with E-state index in [2.05, 4.69) is 15.8 Å². The first kappa shape index (κ1) is 21.0. The van der Waals surface area contributed by atoms with E-state index in [0.29, 0.717) is 13.1 Å². The molecule has 1 aliphatic heterocycles. The van der Waals surface area contributed by atoms with Crippen molar-refractivity contribution in [2.75, 3.05) is 6.54 Å². The lowest BCUT2D eigenvalue weighted by atomic mass is 9.97. The largest absolute Gasteiger partial charge is 0.337 e. The molecule has 0 fully saturated rings. The highest BCUT2D eigenvalue weighted by Crippen LogP contribution is 2.25. The maximum atomic E-state index is 13.3. The van der Waals surface area contributed by atoms with Crippen LogP contribution in [0.5, 0.6) is 0 Å². The Morgan fingerprint density at radius 2 is 1.90 bits per heavy atom. The number of aryl methyl sites for hydroxylation is 1. The van der Waals surface area contributed by atoms with Gasteiger partial charge in [-0.05, 0) is 48.6 Å². The molecule has 158 valence electrons. The van der Waals surface area contributed by atoms with Crippen molar-refractivity contribution in [3.05, 3.63) is 58.6 Å². The second-order valence-electron chi connectivity index (χ2n) is 7.98. The van der Waals surface area contributed by atoms with Gasteiger partial charge in [-0.1, -0.05) is 38.1 Å². The highest BCUT2D eigenvalue weighted by atomic mass is 32.2. The Balaban J connectivity index is 1.57. The number of sulfonamides is 1. The average molecular weight is 444 g/mol. The maximum absolute atomic E-state index is 13.3. The Labute approximate surface area is 181 Å². The molecule has 0 saturated carbocycles. The SMILES string of the molecule is Cc1nc2ccc(S(=O)(=O)N[C@H](C(=O)N3CCc4ccccc4C3)C(C)C)cc2s1. The molecule has 1 N–H and O–H groups in total. The Bertz CT molecular complexity index is 1200. The molecule has 1 aliphatic rings. The van der Waals surface area contributed by atoms with Gasteiger partial charge in [0, 0.05) is 13.1 Å². The Morgan fingerprint density at radius 3 is 2.63 bits per heavy atom. The van der Waals surface area contributed by atoms with Crippen LogP contribution < -0.4 is 4.72 Å². The quantitative estimate of drug-likeness (QED) is 0.655. The first-order chi connectivity index (χ1) is 14.2. The summed E-state index contributed by atoms with van der Waals surface area (Å²) < 4.78 is 29.7. The zero-order valence-electron chi connectivity index (χ0n) is 17.3. The fourth-order valence-electron chi connectivity index (χ4n) is 3.77. The monoisotopic (exact) mass is 443 g/mol. The summed E-state index contributed by atoms with van der Waals surface area (Å²) in [5.74, 6) is -0.364. The van der Waals surface area contributed by atoms with E-state index in [1.807, 2.05) is 39.0 Å². The minimum absolute atomic E-state index is 0.154. The third kappa shape index (κ3) is 4.12. The number of rotatable bonds is 5. The zero-order valence-corrected chi connectivity index (χ0v) is 18.9. The number of carbonyl (C=O) groups excluding carboxylic acids is 1. The lowest BCUT2D eigenvalue weighted by Crippen LogP contribution is -2.52. The van der Waals surface area contributed by atoms with Gasteiger partial charge in [-0.2, -0.15) is 4.72 Å². The molecule has 3 aromatic rings. The molecule has 0 unspecified atom stereocenters. The predicted octanol–water partition coefficient (Wildman–Crippen LogP) is 3.49. The van der Waals surface area contributed by atoms with Gasteiger partial charge in [0.15, 0.2) is 0 Å². The van der Waals surface area contributed by atoms with Crippen LogP contribution in [-0.2, 0) is 27.8 Å². The van der Waals surface area contributed by atoms with Crippen LogP contribution in [-0.4, -0.2) is 36.8 Å². The molecule has 8 heteroatoms. The topological polar surface area (TPSA) is 79.4 Å². The van der Waals surface area contributed by atoms with Gasteiger partial charge < -0.3 is 4.90 Å². The Kier molecular flexibility index (Phi) is 5.65. The smallest absolute Gasteiger partial charge is 0.241 e. The summed E-state index contributed by atoms with van der Waals surface area (Å²) in [5.41, 5.74) is 3.14. The van der Waals surface area contributed by atoms with Crippen LogP contribution in [0.4, 0.5) is 0 Å². The van der Waals surface area contributed by atoms with Crippen LogP contribution in [0.25, 0.3) is 10.2 Å². The molecular formula is C22H25N3O3S2. The molecular weight excluding hydrogens is 418 g/mol. The average Bonchev–Trinajstić information content (AvgIpc) is 3.10. The van der Waals surface area contributed by atoms with Crippen LogP contribution >= 0.6 is 11.3 Å². The highest BCUT2D eigenvalue weighted by Gasteiger charge is 2.33. The molecule has 2 heterocycles. The summed E-state index contributed by atoms with van der Waals surface area (Å²) >= 11 is 1.45. The summed E-state index contributed by atoms with van der Waals surface area (Å²) in [6, 6.07) is 12.1. The molecule has 0 bridgehead atoms. The number of nitrogens with one attached hydrogen (secondary N) is 1. The van der Waals surface area contributed by atoms with E-state index in [1.54, 1.807) is 23.1 Å². The van der Waals surface area contributed by atoms with Crippen LogP contribution in [0.3, 0.4) is 0 Å². The normalized spacial score (nSPS) is 15.4. The molecule has 30 heavy (non-hydrogen) atoms. The molecule has 0 radical (unpaired) electrons. The van der Waals surface area contributed by atoms with Crippen molar-refractivity contribution in [2.24, 2.45) is 5.92 Å². The number of hydrogen-bond donors (Lipinski definition) is 1. The molecule has 6 nitrogen and oxygen atoms in total. The lowest BCUT2D eigenvalue weighted by molar-refractivity contribution is -0.135. The third-order valence-electron chi connectivity index (χ3n) is 5.43. The minimum Gasteiger partial charge on any atom is -0.337 e. The first-order valence-electron chi connectivity index (χ1n) is 10.00. The summed E-state index contributed by atoms with van der Waals surface area (Å²) in [6.45, 7) is 6.71. The Morgan fingerprint density at radius 1 is 1.17 bits per heavy atom. The van der Waals surface area contributed by atoms with Gasteiger partial charge in [0.2, 0.25) is 15.9 Å². The van der Waals surface area contributed by atoms with Gasteiger partial charge in [-0.25, -0.2) is 13.4 Å². The number of nitrogens with zero attached hydrogens (tertiary/aromatic N) is 2. The number of fused-ring (bicyclic) bond motifs is 2. The second-order valence-corrected chi connectivity index (χ2v) is 10.9. The van der Waals surface area contributed by atoms with Crippen molar-refractivity contribution >= 4 is 37.5 Å². The fourth-order valence-corrected chi connectivity index (χ4v) is 6.08. The molecule has 0 saturated heterocycles. The van der Waals surface area contributed by atoms with Gasteiger partial charge in [-0.3, -0.25) is 4.79 Å². The van der Waals surface area contributed by atoms with E-state index in [0.717, 1.165) is 27.2 Å².